The number of carbonyl (C=O) groups excluding carboxylic acids is 1. The van der Waals surface area contributed by atoms with Gasteiger partial charge in [-0.15, -0.1) is 0 Å². The molecule has 2 heterocycles. The Labute approximate surface area is 228 Å². The highest BCUT2D eigenvalue weighted by Crippen LogP contribution is 2.33. The number of fused-ring (bicyclic) bond motifs is 1. The summed E-state index contributed by atoms with van der Waals surface area (Å²) in [6.07, 6.45) is 3.49. The Balaban J connectivity index is 0.000000224. The molecule has 1 amide bonds. The molecule has 1 aliphatic carbocycles. The van der Waals surface area contributed by atoms with E-state index in [9.17, 15) is 48.0 Å². The molecule has 1 fully saturated rings. The SMILES string of the molecule is Cc1c(Cl)cc(OS(=O)(=O)C(F)(F)F)cc1Cl.O=C1CCCN1C1CCc2nn(S(=O)(=O)C(F)(F)F)cc2C1. The first-order valence-electron chi connectivity index (χ1n) is 10.9. The van der Waals surface area contributed by atoms with Crippen LogP contribution in [0.2, 0.25) is 10.0 Å². The summed E-state index contributed by atoms with van der Waals surface area (Å²) < 4.78 is 122. The number of nitrogens with zero attached hydrogens (tertiary/aromatic N) is 3. The average Bonchev–Trinajstić information content (AvgIpc) is 3.42. The fraction of sp³-hybridized carbons (Fsp3) is 0.500. The van der Waals surface area contributed by atoms with Crippen LogP contribution in [0.5, 0.6) is 5.75 Å². The first-order chi connectivity index (χ1) is 17.7. The predicted molar refractivity (Wildman–Crippen MR) is 126 cm³/mol. The van der Waals surface area contributed by atoms with Crippen LogP contribution in [0.15, 0.2) is 18.3 Å². The van der Waals surface area contributed by atoms with E-state index in [0.717, 1.165) is 24.8 Å². The normalized spacial score (nSPS) is 18.4. The van der Waals surface area contributed by atoms with E-state index in [-0.39, 0.29) is 26.1 Å². The van der Waals surface area contributed by atoms with Crippen LogP contribution in [0, 0.1) is 6.92 Å². The number of carbonyl (C=O) groups is 1. The summed E-state index contributed by atoms with van der Waals surface area (Å²) >= 11 is 11.2. The molecule has 4 rings (SSSR count). The molecular formula is C20H19Cl2F6N3O6S2. The van der Waals surface area contributed by atoms with Crippen LogP contribution in [-0.2, 0) is 37.8 Å². The summed E-state index contributed by atoms with van der Waals surface area (Å²) in [6, 6.07) is 1.78. The minimum atomic E-state index is -5.71. The third kappa shape index (κ3) is 6.74. The van der Waals surface area contributed by atoms with Gasteiger partial charge in [-0.2, -0.15) is 52.4 Å². The van der Waals surface area contributed by atoms with E-state index in [2.05, 4.69) is 9.28 Å². The molecule has 0 N–H and O–H groups in total. The van der Waals surface area contributed by atoms with Gasteiger partial charge < -0.3 is 9.08 Å². The Morgan fingerprint density at radius 3 is 2.08 bits per heavy atom. The molecule has 0 spiro atoms. The number of rotatable bonds is 4. The molecule has 2 aliphatic rings. The average molecular weight is 646 g/mol. The molecule has 9 nitrogen and oxygen atoms in total. The Bertz CT molecular complexity index is 1450. The summed E-state index contributed by atoms with van der Waals surface area (Å²) in [5, 5.41) is 3.58. The van der Waals surface area contributed by atoms with Crippen LogP contribution < -0.4 is 4.18 Å². The summed E-state index contributed by atoms with van der Waals surface area (Å²) in [5.74, 6) is -0.549. The lowest BCUT2D eigenvalue weighted by Gasteiger charge is -2.30. The lowest BCUT2D eigenvalue weighted by molar-refractivity contribution is -0.129. The van der Waals surface area contributed by atoms with E-state index < -0.39 is 36.9 Å². The van der Waals surface area contributed by atoms with Gasteiger partial charge in [0.15, 0.2) is 0 Å². The Morgan fingerprint density at radius 2 is 1.59 bits per heavy atom. The molecule has 1 aliphatic heterocycles. The van der Waals surface area contributed by atoms with Crippen molar-refractivity contribution in [1.29, 1.82) is 0 Å². The molecular weight excluding hydrogens is 627 g/mol. The summed E-state index contributed by atoms with van der Waals surface area (Å²) in [5.41, 5.74) is -9.66. The number of hydrogen-bond acceptors (Lipinski definition) is 7. The van der Waals surface area contributed by atoms with Crippen molar-refractivity contribution in [1.82, 2.24) is 14.1 Å². The zero-order chi connectivity index (χ0) is 29.6. The van der Waals surface area contributed by atoms with Gasteiger partial charge in [0.25, 0.3) is 0 Å². The van der Waals surface area contributed by atoms with Crippen molar-refractivity contribution in [2.45, 2.75) is 56.1 Å². The molecule has 1 aromatic carbocycles. The first-order valence-corrected chi connectivity index (χ1v) is 14.5. The van der Waals surface area contributed by atoms with Crippen molar-refractivity contribution in [2.75, 3.05) is 6.54 Å². The third-order valence-electron chi connectivity index (χ3n) is 5.86. The molecule has 19 heteroatoms. The number of halogens is 8. The van der Waals surface area contributed by atoms with E-state index in [0.29, 0.717) is 49.0 Å². The fourth-order valence-corrected chi connectivity index (χ4v) is 5.45. The lowest BCUT2D eigenvalue weighted by Crippen LogP contribution is -2.39. The second-order valence-corrected chi connectivity index (χ2v) is 12.6. The molecule has 0 bridgehead atoms. The molecule has 1 unspecified atom stereocenters. The molecule has 218 valence electrons. The quantitative estimate of drug-likeness (QED) is 0.271. The fourth-order valence-electron chi connectivity index (χ4n) is 3.85. The Morgan fingerprint density at radius 1 is 1.00 bits per heavy atom. The topological polar surface area (TPSA) is 116 Å². The van der Waals surface area contributed by atoms with Gasteiger partial charge in [-0.25, -0.2) is 0 Å². The number of likely N-dealkylation sites (tertiary alicyclic amines) is 1. The zero-order valence-electron chi connectivity index (χ0n) is 19.7. The minimum absolute atomic E-state index is 0.00451. The van der Waals surface area contributed by atoms with Crippen molar-refractivity contribution in [3.63, 3.8) is 0 Å². The van der Waals surface area contributed by atoms with Gasteiger partial charge in [0, 0.05) is 47.4 Å². The third-order valence-corrected chi connectivity index (χ3v) is 8.89. The summed E-state index contributed by atoms with van der Waals surface area (Å²) in [7, 11) is -11.2. The molecule has 1 aromatic heterocycles. The van der Waals surface area contributed by atoms with Gasteiger partial charge in [0.05, 0.1) is 5.69 Å². The van der Waals surface area contributed by atoms with Crippen molar-refractivity contribution >= 4 is 49.3 Å². The maximum absolute atomic E-state index is 12.6. The standard InChI is InChI=1S/C12H14F3N3O3S.C8H5Cl2F3O3S/c13-12(14,15)22(20,21)18-7-8-6-9(3-4-10(8)16-18)17-5-1-2-11(17)19;1-4-6(9)2-5(3-7(4)10)16-17(14,15)8(11,12)13/h7,9H,1-6H2;2-3H,1H3. The van der Waals surface area contributed by atoms with Gasteiger partial charge in [-0.3, -0.25) is 4.79 Å². The number of benzene rings is 1. The zero-order valence-corrected chi connectivity index (χ0v) is 22.8. The van der Waals surface area contributed by atoms with Gasteiger partial charge in [0.1, 0.15) is 5.75 Å². The summed E-state index contributed by atoms with van der Waals surface area (Å²) in [6.45, 7) is 2.17. The van der Waals surface area contributed by atoms with Crippen molar-refractivity contribution in [2.24, 2.45) is 0 Å². The smallest absolute Gasteiger partial charge is 0.376 e. The predicted octanol–water partition coefficient (Wildman–Crippen LogP) is 4.59. The maximum Gasteiger partial charge on any atom is 0.534 e. The second-order valence-electron chi connectivity index (χ2n) is 8.51. The van der Waals surface area contributed by atoms with Crippen LogP contribution in [0.3, 0.4) is 0 Å². The van der Waals surface area contributed by atoms with Gasteiger partial charge >= 0.3 is 31.2 Å². The van der Waals surface area contributed by atoms with E-state index in [1.165, 1.54) is 6.92 Å². The molecule has 1 saturated heterocycles. The van der Waals surface area contributed by atoms with E-state index in [1.54, 1.807) is 4.90 Å². The largest absolute Gasteiger partial charge is 0.534 e. The number of aromatic nitrogens is 2. The number of amides is 1. The maximum atomic E-state index is 12.6. The van der Waals surface area contributed by atoms with Crippen LogP contribution in [0.25, 0.3) is 0 Å². The number of aryl methyl sites for hydroxylation is 1. The number of hydrogen-bond donors (Lipinski definition) is 0. The molecule has 2 aromatic rings. The summed E-state index contributed by atoms with van der Waals surface area (Å²) in [4.78, 5) is 13.5. The van der Waals surface area contributed by atoms with Crippen LogP contribution in [0.1, 0.15) is 36.1 Å². The van der Waals surface area contributed by atoms with E-state index in [1.807, 2.05) is 0 Å². The molecule has 39 heavy (non-hydrogen) atoms. The van der Waals surface area contributed by atoms with Crippen LogP contribution in [-0.4, -0.2) is 60.4 Å². The van der Waals surface area contributed by atoms with E-state index >= 15 is 0 Å². The minimum Gasteiger partial charge on any atom is -0.376 e. The highest BCUT2D eigenvalue weighted by molar-refractivity contribution is 7.90. The Hall–Kier alpha value is -2.24. The molecule has 1 atom stereocenters. The van der Waals surface area contributed by atoms with Crippen molar-refractivity contribution < 1.29 is 52.2 Å². The van der Waals surface area contributed by atoms with Crippen molar-refractivity contribution in [3.05, 3.63) is 45.2 Å². The molecule has 0 saturated carbocycles. The number of alkyl halides is 6. The highest BCUT2D eigenvalue weighted by atomic mass is 35.5. The van der Waals surface area contributed by atoms with Gasteiger partial charge in [-0.05, 0) is 43.7 Å². The van der Waals surface area contributed by atoms with Crippen LogP contribution in [0.4, 0.5) is 26.3 Å². The second kappa shape index (κ2) is 11.0. The van der Waals surface area contributed by atoms with Crippen molar-refractivity contribution in [3.8, 4) is 5.75 Å². The van der Waals surface area contributed by atoms with Gasteiger partial charge in [-0.1, -0.05) is 23.2 Å². The first kappa shape index (κ1) is 31.3. The van der Waals surface area contributed by atoms with E-state index in [4.69, 9.17) is 23.2 Å². The highest BCUT2D eigenvalue weighted by Gasteiger charge is 2.49. The van der Waals surface area contributed by atoms with Crippen LogP contribution >= 0.6 is 23.2 Å². The Kier molecular flexibility index (Phi) is 8.80. The van der Waals surface area contributed by atoms with Gasteiger partial charge in [0.2, 0.25) is 5.91 Å². The lowest BCUT2D eigenvalue weighted by atomic mass is 9.92. The monoisotopic (exact) mass is 645 g/mol. The molecule has 0 radical (unpaired) electrons.